The van der Waals surface area contributed by atoms with Gasteiger partial charge in [0.1, 0.15) is 17.2 Å². The summed E-state index contributed by atoms with van der Waals surface area (Å²) in [4.78, 5) is 19.7. The Bertz CT molecular complexity index is 604. The van der Waals surface area contributed by atoms with Crippen LogP contribution in [0, 0.1) is 5.82 Å². The summed E-state index contributed by atoms with van der Waals surface area (Å²) in [5, 5.41) is 2.90. The van der Waals surface area contributed by atoms with Gasteiger partial charge in [-0.3, -0.25) is 4.98 Å². The van der Waals surface area contributed by atoms with E-state index in [9.17, 15) is 9.18 Å². The molecule has 0 radical (unpaired) electrons. The van der Waals surface area contributed by atoms with Crippen molar-refractivity contribution in [2.24, 2.45) is 0 Å². The summed E-state index contributed by atoms with van der Waals surface area (Å²) in [5.74, 6) is -0.533. The maximum atomic E-state index is 13.5. The van der Waals surface area contributed by atoms with Crippen LogP contribution in [-0.2, 0) is 11.3 Å². The highest BCUT2D eigenvalue weighted by Gasteiger charge is 2.13. The molecule has 0 aliphatic carbocycles. The highest BCUT2D eigenvalue weighted by molar-refractivity contribution is 5.94. The second-order valence-corrected chi connectivity index (χ2v) is 3.91. The zero-order chi connectivity index (χ0) is 14.4. The van der Waals surface area contributed by atoms with Gasteiger partial charge in [-0.25, -0.2) is 14.2 Å². The quantitative estimate of drug-likeness (QED) is 0.849. The first-order valence-electron chi connectivity index (χ1n) is 6.17. The van der Waals surface area contributed by atoms with Crippen LogP contribution in [0.4, 0.5) is 10.2 Å². The van der Waals surface area contributed by atoms with E-state index < -0.39 is 11.8 Å². The molecule has 20 heavy (non-hydrogen) atoms. The number of rotatable bonds is 5. The molecule has 0 saturated heterocycles. The zero-order valence-electron chi connectivity index (χ0n) is 11.0. The molecule has 0 bridgehead atoms. The lowest BCUT2D eigenvalue weighted by atomic mass is 10.2. The number of anilines is 1. The van der Waals surface area contributed by atoms with E-state index >= 15 is 0 Å². The Hall–Kier alpha value is -2.50. The van der Waals surface area contributed by atoms with Crippen molar-refractivity contribution >= 4 is 11.8 Å². The Kier molecular flexibility index (Phi) is 4.60. The summed E-state index contributed by atoms with van der Waals surface area (Å²) < 4.78 is 18.4. The van der Waals surface area contributed by atoms with Gasteiger partial charge in [-0.05, 0) is 31.2 Å². The number of aromatic nitrogens is 2. The minimum Gasteiger partial charge on any atom is -0.462 e. The number of carbonyl (C=O) groups is 1. The minimum absolute atomic E-state index is 0.135. The second kappa shape index (κ2) is 6.60. The van der Waals surface area contributed by atoms with E-state index in [0.717, 1.165) is 0 Å². The van der Waals surface area contributed by atoms with Crippen molar-refractivity contribution in [2.45, 2.75) is 13.5 Å². The molecule has 2 heterocycles. The summed E-state index contributed by atoms with van der Waals surface area (Å²) in [7, 11) is 0. The molecule has 0 amide bonds. The van der Waals surface area contributed by atoms with Gasteiger partial charge < -0.3 is 10.1 Å². The van der Waals surface area contributed by atoms with Gasteiger partial charge in [0.15, 0.2) is 0 Å². The topological polar surface area (TPSA) is 64.1 Å². The number of ether oxygens (including phenoxy) is 1. The summed E-state index contributed by atoms with van der Waals surface area (Å²) in [6.07, 6.45) is 3.05. The van der Waals surface area contributed by atoms with Crippen molar-refractivity contribution in [2.75, 3.05) is 11.9 Å². The SMILES string of the molecule is CCOC(=O)c1cccnc1NCc1ncccc1F. The number of carbonyl (C=O) groups excluding carboxylic acids is 1. The van der Waals surface area contributed by atoms with E-state index in [-0.39, 0.29) is 18.8 Å². The number of nitrogens with one attached hydrogen (secondary N) is 1. The molecule has 0 aliphatic heterocycles. The summed E-state index contributed by atoms with van der Waals surface area (Å²) in [6, 6.07) is 6.08. The molecule has 5 nitrogen and oxygen atoms in total. The lowest BCUT2D eigenvalue weighted by Gasteiger charge is -2.10. The largest absolute Gasteiger partial charge is 0.462 e. The normalized spacial score (nSPS) is 10.1. The van der Waals surface area contributed by atoms with Gasteiger partial charge in [0.2, 0.25) is 0 Å². The monoisotopic (exact) mass is 275 g/mol. The third kappa shape index (κ3) is 3.28. The smallest absolute Gasteiger partial charge is 0.341 e. The van der Waals surface area contributed by atoms with Crippen LogP contribution in [0.5, 0.6) is 0 Å². The first kappa shape index (κ1) is 13.9. The van der Waals surface area contributed by atoms with E-state index in [4.69, 9.17) is 4.74 Å². The van der Waals surface area contributed by atoms with Gasteiger partial charge in [-0.1, -0.05) is 0 Å². The fraction of sp³-hybridized carbons (Fsp3) is 0.214. The van der Waals surface area contributed by atoms with E-state index in [2.05, 4.69) is 15.3 Å². The number of hydrogen-bond donors (Lipinski definition) is 1. The number of nitrogens with zero attached hydrogens (tertiary/aromatic N) is 2. The number of halogens is 1. The van der Waals surface area contributed by atoms with Gasteiger partial charge >= 0.3 is 5.97 Å². The molecule has 0 spiro atoms. The first-order valence-corrected chi connectivity index (χ1v) is 6.17. The zero-order valence-corrected chi connectivity index (χ0v) is 11.0. The van der Waals surface area contributed by atoms with E-state index in [1.165, 1.54) is 18.3 Å². The van der Waals surface area contributed by atoms with Crippen molar-refractivity contribution in [1.29, 1.82) is 0 Å². The third-order valence-corrected chi connectivity index (χ3v) is 2.56. The lowest BCUT2D eigenvalue weighted by molar-refractivity contribution is 0.0527. The van der Waals surface area contributed by atoms with Crippen molar-refractivity contribution in [3.63, 3.8) is 0 Å². The predicted octanol–water partition coefficient (Wildman–Crippen LogP) is 2.40. The molecule has 1 N–H and O–H groups in total. The molecule has 0 aliphatic rings. The Balaban J connectivity index is 2.14. The van der Waals surface area contributed by atoms with Gasteiger partial charge in [0.25, 0.3) is 0 Å². The van der Waals surface area contributed by atoms with E-state index in [1.54, 1.807) is 25.3 Å². The fourth-order valence-corrected chi connectivity index (χ4v) is 1.64. The Labute approximate surface area is 115 Å². The van der Waals surface area contributed by atoms with Crippen LogP contribution in [0.15, 0.2) is 36.7 Å². The molecule has 2 aromatic rings. The maximum absolute atomic E-state index is 13.5. The fourth-order valence-electron chi connectivity index (χ4n) is 1.64. The molecule has 0 aromatic carbocycles. The molecular weight excluding hydrogens is 261 g/mol. The van der Waals surface area contributed by atoms with Gasteiger partial charge in [0.05, 0.1) is 18.8 Å². The Morgan fingerprint density at radius 1 is 1.30 bits per heavy atom. The van der Waals surface area contributed by atoms with Crippen LogP contribution < -0.4 is 5.32 Å². The van der Waals surface area contributed by atoms with Crippen molar-refractivity contribution in [3.8, 4) is 0 Å². The molecule has 2 aromatic heterocycles. The van der Waals surface area contributed by atoms with Crippen LogP contribution in [0.1, 0.15) is 23.0 Å². The second-order valence-electron chi connectivity index (χ2n) is 3.91. The van der Waals surface area contributed by atoms with Crippen LogP contribution in [0.2, 0.25) is 0 Å². The van der Waals surface area contributed by atoms with Crippen molar-refractivity contribution in [3.05, 3.63) is 53.7 Å². The average molecular weight is 275 g/mol. The lowest BCUT2D eigenvalue weighted by Crippen LogP contribution is -2.12. The number of hydrogen-bond acceptors (Lipinski definition) is 5. The molecular formula is C14H14FN3O2. The minimum atomic E-state index is -0.468. The highest BCUT2D eigenvalue weighted by Crippen LogP contribution is 2.14. The van der Waals surface area contributed by atoms with Crippen LogP contribution in [-0.4, -0.2) is 22.5 Å². The standard InChI is InChI=1S/C14H14FN3O2/c1-2-20-14(19)10-5-3-8-17-13(10)18-9-12-11(15)6-4-7-16-12/h3-8H,2,9H2,1H3,(H,17,18). The molecule has 104 valence electrons. The summed E-state index contributed by atoms with van der Waals surface area (Å²) >= 11 is 0. The van der Waals surface area contributed by atoms with Crippen molar-refractivity contribution in [1.82, 2.24) is 9.97 Å². The third-order valence-electron chi connectivity index (χ3n) is 2.56. The molecule has 6 heteroatoms. The first-order chi connectivity index (χ1) is 9.72. The highest BCUT2D eigenvalue weighted by atomic mass is 19.1. The number of esters is 1. The molecule has 0 fully saturated rings. The van der Waals surface area contributed by atoms with Crippen molar-refractivity contribution < 1.29 is 13.9 Å². The van der Waals surface area contributed by atoms with Crippen LogP contribution in [0.25, 0.3) is 0 Å². The summed E-state index contributed by atoms with van der Waals surface area (Å²) in [5.41, 5.74) is 0.568. The Morgan fingerprint density at radius 3 is 2.80 bits per heavy atom. The van der Waals surface area contributed by atoms with Gasteiger partial charge in [-0.2, -0.15) is 0 Å². The van der Waals surface area contributed by atoms with Crippen LogP contribution in [0.3, 0.4) is 0 Å². The van der Waals surface area contributed by atoms with Gasteiger partial charge in [-0.15, -0.1) is 0 Å². The predicted molar refractivity (Wildman–Crippen MR) is 71.7 cm³/mol. The van der Waals surface area contributed by atoms with Gasteiger partial charge in [0, 0.05) is 12.4 Å². The average Bonchev–Trinajstić information content (AvgIpc) is 2.47. The summed E-state index contributed by atoms with van der Waals surface area (Å²) in [6.45, 7) is 2.14. The van der Waals surface area contributed by atoms with E-state index in [1.807, 2.05) is 0 Å². The Morgan fingerprint density at radius 2 is 2.05 bits per heavy atom. The molecule has 2 rings (SSSR count). The van der Waals surface area contributed by atoms with Crippen LogP contribution >= 0.6 is 0 Å². The molecule has 0 atom stereocenters. The molecule has 0 unspecified atom stereocenters. The maximum Gasteiger partial charge on any atom is 0.341 e. The number of pyridine rings is 2. The molecule has 0 saturated carbocycles. The van der Waals surface area contributed by atoms with E-state index in [0.29, 0.717) is 11.4 Å².